The van der Waals surface area contributed by atoms with Crippen molar-refractivity contribution in [3.63, 3.8) is 0 Å². The smallest absolute Gasteiger partial charge is 0.188 e. The van der Waals surface area contributed by atoms with Crippen LogP contribution >= 0.6 is 0 Å². The van der Waals surface area contributed by atoms with Crippen LogP contribution in [0, 0.1) is 6.92 Å². The molecule has 1 aromatic rings. The monoisotopic (exact) mass is 265 g/mol. The van der Waals surface area contributed by atoms with Gasteiger partial charge in [0.1, 0.15) is 5.75 Å². The molecule has 106 valence electrons. The summed E-state index contributed by atoms with van der Waals surface area (Å²) in [6, 6.07) is 8.01. The van der Waals surface area contributed by atoms with E-state index in [2.05, 4.69) is 17.2 Å². The Morgan fingerprint density at radius 1 is 1.26 bits per heavy atom. The van der Waals surface area contributed by atoms with Crippen molar-refractivity contribution in [2.75, 3.05) is 33.4 Å². The van der Waals surface area contributed by atoms with Gasteiger partial charge in [-0.2, -0.15) is 0 Å². The fourth-order valence-corrected chi connectivity index (χ4v) is 1.43. The third-order valence-electron chi connectivity index (χ3n) is 2.49. The third-order valence-corrected chi connectivity index (χ3v) is 2.49. The van der Waals surface area contributed by atoms with Crippen LogP contribution in [0.25, 0.3) is 0 Å². The van der Waals surface area contributed by atoms with E-state index >= 15 is 0 Å². The van der Waals surface area contributed by atoms with Crippen molar-refractivity contribution < 1.29 is 9.47 Å². The Kier molecular flexibility index (Phi) is 7.43. The minimum atomic E-state index is 0.451. The molecule has 1 aromatic carbocycles. The van der Waals surface area contributed by atoms with Gasteiger partial charge in [-0.05, 0) is 19.1 Å². The predicted octanol–water partition coefficient (Wildman–Crippen LogP) is 1.31. The van der Waals surface area contributed by atoms with E-state index in [1.807, 2.05) is 24.3 Å². The minimum absolute atomic E-state index is 0.451. The van der Waals surface area contributed by atoms with Crippen LogP contribution in [0.4, 0.5) is 0 Å². The SMILES string of the molecule is COCCNC(N)=NCCCOc1ccc(C)cc1. The lowest BCUT2D eigenvalue weighted by Gasteiger charge is -2.06. The second-order valence-electron chi connectivity index (χ2n) is 4.20. The Hall–Kier alpha value is -1.75. The van der Waals surface area contributed by atoms with Gasteiger partial charge in [0.05, 0.1) is 13.2 Å². The van der Waals surface area contributed by atoms with Crippen molar-refractivity contribution in [2.45, 2.75) is 13.3 Å². The van der Waals surface area contributed by atoms with Crippen molar-refractivity contribution in [3.05, 3.63) is 29.8 Å². The lowest BCUT2D eigenvalue weighted by Crippen LogP contribution is -2.34. The van der Waals surface area contributed by atoms with Crippen LogP contribution < -0.4 is 15.8 Å². The number of hydrogen-bond acceptors (Lipinski definition) is 3. The van der Waals surface area contributed by atoms with Crippen LogP contribution in [0.5, 0.6) is 5.75 Å². The number of aliphatic imine (C=N–C) groups is 1. The standard InChI is InChI=1S/C14H23N3O2/c1-12-4-6-13(7-5-12)19-10-3-8-16-14(15)17-9-11-18-2/h4-7H,3,8-11H2,1-2H3,(H3,15,16,17). The van der Waals surface area contributed by atoms with E-state index in [0.717, 1.165) is 12.2 Å². The number of methoxy groups -OCH3 is 1. The van der Waals surface area contributed by atoms with Gasteiger partial charge < -0.3 is 20.5 Å². The Labute approximate surface area is 114 Å². The Morgan fingerprint density at radius 2 is 2.00 bits per heavy atom. The maximum absolute atomic E-state index is 5.67. The molecule has 0 heterocycles. The molecule has 5 nitrogen and oxygen atoms in total. The molecule has 0 aromatic heterocycles. The maximum Gasteiger partial charge on any atom is 0.188 e. The van der Waals surface area contributed by atoms with Crippen molar-refractivity contribution in [2.24, 2.45) is 10.7 Å². The zero-order chi connectivity index (χ0) is 13.9. The first-order valence-electron chi connectivity index (χ1n) is 6.44. The topological polar surface area (TPSA) is 68.9 Å². The number of benzene rings is 1. The number of guanidine groups is 1. The van der Waals surface area contributed by atoms with Gasteiger partial charge in [-0.15, -0.1) is 0 Å². The van der Waals surface area contributed by atoms with E-state index in [-0.39, 0.29) is 0 Å². The van der Waals surface area contributed by atoms with Crippen molar-refractivity contribution in [1.82, 2.24) is 5.32 Å². The summed E-state index contributed by atoms with van der Waals surface area (Å²) in [5, 5.41) is 2.96. The molecule has 0 radical (unpaired) electrons. The molecule has 0 aliphatic carbocycles. The number of aryl methyl sites for hydroxylation is 1. The number of rotatable bonds is 8. The molecule has 1 rings (SSSR count). The summed E-state index contributed by atoms with van der Waals surface area (Å²) in [5.41, 5.74) is 6.90. The summed E-state index contributed by atoms with van der Waals surface area (Å²) in [5.74, 6) is 1.34. The van der Waals surface area contributed by atoms with Gasteiger partial charge in [0.2, 0.25) is 0 Å². The van der Waals surface area contributed by atoms with Crippen LogP contribution in [0.1, 0.15) is 12.0 Å². The van der Waals surface area contributed by atoms with Crippen molar-refractivity contribution in [1.29, 1.82) is 0 Å². The van der Waals surface area contributed by atoms with Crippen molar-refractivity contribution >= 4 is 5.96 Å². The molecule has 19 heavy (non-hydrogen) atoms. The highest BCUT2D eigenvalue weighted by molar-refractivity contribution is 5.77. The average molecular weight is 265 g/mol. The van der Waals surface area contributed by atoms with E-state index in [1.54, 1.807) is 7.11 Å². The Bertz CT molecular complexity index is 377. The second kappa shape index (κ2) is 9.22. The molecule has 0 saturated heterocycles. The molecule has 0 unspecified atom stereocenters. The van der Waals surface area contributed by atoms with Gasteiger partial charge in [0.15, 0.2) is 5.96 Å². The van der Waals surface area contributed by atoms with E-state index in [9.17, 15) is 0 Å². The molecular weight excluding hydrogens is 242 g/mol. The Balaban J connectivity index is 2.10. The van der Waals surface area contributed by atoms with Gasteiger partial charge in [0.25, 0.3) is 0 Å². The number of ether oxygens (including phenoxy) is 2. The summed E-state index contributed by atoms with van der Waals surface area (Å²) < 4.78 is 10.5. The van der Waals surface area contributed by atoms with E-state index in [4.69, 9.17) is 15.2 Å². The zero-order valence-corrected chi connectivity index (χ0v) is 11.7. The zero-order valence-electron chi connectivity index (χ0n) is 11.7. The second-order valence-corrected chi connectivity index (χ2v) is 4.20. The number of nitrogens with one attached hydrogen (secondary N) is 1. The van der Waals surface area contributed by atoms with Crippen molar-refractivity contribution in [3.8, 4) is 5.75 Å². The summed E-state index contributed by atoms with van der Waals surface area (Å²) in [4.78, 5) is 4.19. The molecule has 0 saturated carbocycles. The van der Waals surface area contributed by atoms with Gasteiger partial charge in [0, 0.05) is 26.6 Å². The van der Waals surface area contributed by atoms with E-state index in [0.29, 0.717) is 32.3 Å². The number of hydrogen-bond donors (Lipinski definition) is 2. The molecule has 5 heteroatoms. The number of nitrogens with zero attached hydrogens (tertiary/aromatic N) is 1. The van der Waals surface area contributed by atoms with Gasteiger partial charge in [-0.1, -0.05) is 17.7 Å². The summed E-state index contributed by atoms with van der Waals surface area (Å²) in [6.07, 6.45) is 0.834. The summed E-state index contributed by atoms with van der Waals surface area (Å²) in [7, 11) is 1.65. The van der Waals surface area contributed by atoms with Crippen LogP contribution in [0.3, 0.4) is 0 Å². The molecule has 0 fully saturated rings. The highest BCUT2D eigenvalue weighted by Crippen LogP contribution is 2.11. The normalized spacial score (nSPS) is 11.4. The summed E-state index contributed by atoms with van der Waals surface area (Å²) >= 11 is 0. The molecular formula is C14H23N3O2. The predicted molar refractivity (Wildman–Crippen MR) is 77.7 cm³/mol. The van der Waals surface area contributed by atoms with E-state index < -0.39 is 0 Å². The highest BCUT2D eigenvalue weighted by atomic mass is 16.5. The minimum Gasteiger partial charge on any atom is -0.494 e. The quantitative estimate of drug-likeness (QED) is 0.422. The largest absolute Gasteiger partial charge is 0.494 e. The van der Waals surface area contributed by atoms with E-state index in [1.165, 1.54) is 5.56 Å². The lowest BCUT2D eigenvalue weighted by atomic mass is 10.2. The van der Waals surface area contributed by atoms with Gasteiger partial charge in [-0.25, -0.2) is 0 Å². The van der Waals surface area contributed by atoms with Crippen LogP contribution in [0.2, 0.25) is 0 Å². The molecule has 0 amide bonds. The first kappa shape index (κ1) is 15.3. The van der Waals surface area contributed by atoms with Gasteiger partial charge in [-0.3, -0.25) is 4.99 Å². The Morgan fingerprint density at radius 3 is 2.68 bits per heavy atom. The molecule has 0 aliphatic heterocycles. The molecule has 0 spiro atoms. The average Bonchev–Trinajstić information content (AvgIpc) is 2.41. The summed E-state index contributed by atoms with van der Waals surface area (Å²) in [6.45, 7) is 4.63. The van der Waals surface area contributed by atoms with Gasteiger partial charge >= 0.3 is 0 Å². The maximum atomic E-state index is 5.67. The van der Waals surface area contributed by atoms with Crippen LogP contribution in [-0.2, 0) is 4.74 Å². The lowest BCUT2D eigenvalue weighted by molar-refractivity contribution is 0.204. The molecule has 0 aliphatic rings. The first-order valence-corrected chi connectivity index (χ1v) is 6.44. The molecule has 3 N–H and O–H groups in total. The fraction of sp³-hybridized carbons (Fsp3) is 0.500. The molecule has 0 bridgehead atoms. The first-order chi connectivity index (χ1) is 9.22. The van der Waals surface area contributed by atoms with Crippen LogP contribution in [0.15, 0.2) is 29.3 Å². The van der Waals surface area contributed by atoms with Crippen LogP contribution in [-0.4, -0.2) is 39.4 Å². The number of nitrogens with two attached hydrogens (primary N) is 1. The third kappa shape index (κ3) is 7.31. The fourth-order valence-electron chi connectivity index (χ4n) is 1.43. The highest BCUT2D eigenvalue weighted by Gasteiger charge is 1.94. The molecule has 0 atom stereocenters.